The molecule has 0 saturated heterocycles. The number of rotatable bonds is 3. The van der Waals surface area contributed by atoms with Crippen LogP contribution in [0.15, 0.2) is 41.1 Å². The lowest BCUT2D eigenvalue weighted by molar-refractivity contribution is 0.0597. The largest absolute Gasteiger partial charge is 0.496 e. The van der Waals surface area contributed by atoms with Gasteiger partial charge in [0.25, 0.3) is 0 Å². The third kappa shape index (κ3) is 2.26. The molecule has 0 saturated carbocycles. The number of hydrogen-bond donors (Lipinski definition) is 0. The number of ether oxygens (including phenoxy) is 2. The van der Waals surface area contributed by atoms with E-state index in [-0.39, 0.29) is 0 Å². The van der Waals surface area contributed by atoms with Gasteiger partial charge in [-0.2, -0.15) is 0 Å². The van der Waals surface area contributed by atoms with Crippen LogP contribution in [0.4, 0.5) is 0 Å². The van der Waals surface area contributed by atoms with Crippen molar-refractivity contribution in [1.82, 2.24) is 4.57 Å². The monoisotopic (exact) mass is 309 g/mol. The number of aromatic nitrogens is 1. The number of benzene rings is 1. The van der Waals surface area contributed by atoms with Crippen LogP contribution in [0.2, 0.25) is 0 Å². The molecule has 0 radical (unpaired) electrons. The molecule has 0 aliphatic rings. The van der Waals surface area contributed by atoms with Gasteiger partial charge >= 0.3 is 5.97 Å². The third-order valence-corrected chi connectivity index (χ3v) is 3.19. The van der Waals surface area contributed by atoms with Gasteiger partial charge in [0, 0.05) is 22.9 Å². The fraction of sp³-hybridized carbons (Fsp3) is 0.154. The first kappa shape index (κ1) is 12.7. The summed E-state index contributed by atoms with van der Waals surface area (Å²) in [4.78, 5) is 11.6. The lowest BCUT2D eigenvalue weighted by Crippen LogP contribution is -2.05. The Morgan fingerprint density at radius 2 is 1.89 bits per heavy atom. The Morgan fingerprint density at radius 1 is 1.22 bits per heavy atom. The summed E-state index contributed by atoms with van der Waals surface area (Å²) in [5.41, 5.74) is 1.28. The predicted molar refractivity (Wildman–Crippen MR) is 71.4 cm³/mol. The van der Waals surface area contributed by atoms with E-state index in [0.29, 0.717) is 11.3 Å². The molecule has 0 N–H and O–H groups in total. The first-order valence-electron chi connectivity index (χ1n) is 5.26. The zero-order valence-electron chi connectivity index (χ0n) is 10.0. The van der Waals surface area contributed by atoms with Crippen molar-refractivity contribution in [2.45, 2.75) is 0 Å². The van der Waals surface area contributed by atoms with E-state index in [2.05, 4.69) is 15.9 Å². The van der Waals surface area contributed by atoms with E-state index < -0.39 is 5.97 Å². The molecule has 0 fully saturated rings. The van der Waals surface area contributed by atoms with Crippen molar-refractivity contribution in [2.24, 2.45) is 0 Å². The number of hydrogen-bond acceptors (Lipinski definition) is 3. The lowest BCUT2D eigenvalue weighted by Gasteiger charge is -2.12. The Balaban J connectivity index is 2.56. The Bertz CT molecular complexity index is 564. The van der Waals surface area contributed by atoms with Gasteiger partial charge in [0.15, 0.2) is 0 Å². The highest BCUT2D eigenvalue weighted by molar-refractivity contribution is 9.10. The molecule has 94 valence electrons. The summed E-state index contributed by atoms with van der Waals surface area (Å²) < 4.78 is 12.7. The fourth-order valence-corrected chi connectivity index (χ4v) is 2.22. The predicted octanol–water partition coefficient (Wildman–Crippen LogP) is 3.04. The van der Waals surface area contributed by atoms with E-state index in [0.717, 1.165) is 10.2 Å². The quantitative estimate of drug-likeness (QED) is 0.818. The SMILES string of the molecule is COC(=O)c1cc(Br)c(-n2cccc2)cc1OC. The fourth-order valence-electron chi connectivity index (χ4n) is 1.67. The molecule has 1 aromatic carbocycles. The van der Waals surface area contributed by atoms with Crippen LogP contribution in [0.5, 0.6) is 5.75 Å². The molecule has 0 amide bonds. The van der Waals surface area contributed by atoms with Crippen molar-refractivity contribution in [3.8, 4) is 11.4 Å². The molecule has 1 heterocycles. The van der Waals surface area contributed by atoms with Crippen molar-refractivity contribution >= 4 is 21.9 Å². The van der Waals surface area contributed by atoms with Gasteiger partial charge in [-0.1, -0.05) is 0 Å². The van der Waals surface area contributed by atoms with Crippen LogP contribution >= 0.6 is 15.9 Å². The summed E-state index contributed by atoms with van der Waals surface area (Å²) in [6.07, 6.45) is 3.83. The maximum atomic E-state index is 11.6. The second-order valence-corrected chi connectivity index (χ2v) is 4.44. The molecule has 0 atom stereocenters. The van der Waals surface area contributed by atoms with Crippen LogP contribution in [-0.4, -0.2) is 24.8 Å². The number of methoxy groups -OCH3 is 2. The average Bonchev–Trinajstić information content (AvgIpc) is 2.91. The molecule has 0 spiro atoms. The van der Waals surface area contributed by atoms with Gasteiger partial charge in [0.1, 0.15) is 11.3 Å². The highest BCUT2D eigenvalue weighted by Crippen LogP contribution is 2.30. The third-order valence-electron chi connectivity index (χ3n) is 2.56. The molecule has 2 aromatic rings. The minimum absolute atomic E-state index is 0.391. The maximum absolute atomic E-state index is 11.6. The smallest absolute Gasteiger partial charge is 0.341 e. The standard InChI is InChI=1S/C13H12BrNO3/c1-17-12-8-11(15-5-3-4-6-15)10(14)7-9(12)13(16)18-2/h3-8H,1-2H3. The zero-order chi connectivity index (χ0) is 13.1. The van der Waals surface area contributed by atoms with Gasteiger partial charge < -0.3 is 14.0 Å². The Hall–Kier alpha value is -1.75. The normalized spacial score (nSPS) is 10.2. The molecule has 0 aliphatic carbocycles. The second-order valence-electron chi connectivity index (χ2n) is 3.59. The summed E-state index contributed by atoms with van der Waals surface area (Å²) in [5.74, 6) is 0.0559. The number of esters is 1. The van der Waals surface area contributed by atoms with Crippen LogP contribution in [0.1, 0.15) is 10.4 Å². The minimum Gasteiger partial charge on any atom is -0.496 e. The van der Waals surface area contributed by atoms with Crippen LogP contribution in [0.25, 0.3) is 5.69 Å². The van der Waals surface area contributed by atoms with Gasteiger partial charge in [0.2, 0.25) is 0 Å². The summed E-state index contributed by atoms with van der Waals surface area (Å²) in [7, 11) is 2.87. The summed E-state index contributed by atoms with van der Waals surface area (Å²) in [6.45, 7) is 0. The van der Waals surface area contributed by atoms with Gasteiger partial charge in [0.05, 0.1) is 19.9 Å². The number of nitrogens with zero attached hydrogens (tertiary/aromatic N) is 1. The molecule has 2 rings (SSSR count). The van der Waals surface area contributed by atoms with Crippen LogP contribution in [0, 0.1) is 0 Å². The van der Waals surface area contributed by atoms with Crippen LogP contribution < -0.4 is 4.74 Å². The van der Waals surface area contributed by atoms with E-state index in [9.17, 15) is 4.79 Å². The van der Waals surface area contributed by atoms with E-state index >= 15 is 0 Å². The zero-order valence-corrected chi connectivity index (χ0v) is 11.6. The van der Waals surface area contributed by atoms with Crippen molar-refractivity contribution in [3.05, 3.63) is 46.7 Å². The first-order chi connectivity index (χ1) is 8.67. The molecule has 18 heavy (non-hydrogen) atoms. The van der Waals surface area contributed by atoms with Crippen molar-refractivity contribution in [3.63, 3.8) is 0 Å². The molecule has 5 heteroatoms. The summed E-state index contributed by atoms with van der Waals surface area (Å²) in [5, 5.41) is 0. The molecule has 1 aromatic heterocycles. The summed E-state index contributed by atoms with van der Waals surface area (Å²) >= 11 is 3.45. The molecule has 0 bridgehead atoms. The average molecular weight is 310 g/mol. The van der Waals surface area contributed by atoms with Gasteiger partial charge in [-0.25, -0.2) is 4.79 Å². The highest BCUT2D eigenvalue weighted by atomic mass is 79.9. The van der Waals surface area contributed by atoms with E-state index in [4.69, 9.17) is 9.47 Å². The van der Waals surface area contributed by atoms with Gasteiger partial charge in [-0.05, 0) is 34.1 Å². The number of halogens is 1. The molecule has 0 unspecified atom stereocenters. The molecular formula is C13H12BrNO3. The van der Waals surface area contributed by atoms with Crippen molar-refractivity contribution in [2.75, 3.05) is 14.2 Å². The minimum atomic E-state index is -0.424. The van der Waals surface area contributed by atoms with Crippen LogP contribution in [-0.2, 0) is 4.74 Å². The van der Waals surface area contributed by atoms with Crippen molar-refractivity contribution in [1.29, 1.82) is 0 Å². The topological polar surface area (TPSA) is 40.5 Å². The number of carbonyl (C=O) groups excluding carboxylic acids is 1. The lowest BCUT2D eigenvalue weighted by atomic mass is 10.2. The van der Waals surface area contributed by atoms with Gasteiger partial charge in [-0.15, -0.1) is 0 Å². The molecule has 0 aliphatic heterocycles. The molecule has 4 nitrogen and oxygen atoms in total. The van der Waals surface area contributed by atoms with Gasteiger partial charge in [-0.3, -0.25) is 0 Å². The Kier molecular flexibility index (Phi) is 3.72. The highest BCUT2D eigenvalue weighted by Gasteiger charge is 2.16. The first-order valence-corrected chi connectivity index (χ1v) is 6.06. The summed E-state index contributed by atoms with van der Waals surface area (Å²) in [6, 6.07) is 7.33. The Labute approximate surface area is 113 Å². The van der Waals surface area contributed by atoms with E-state index in [1.54, 1.807) is 12.1 Å². The maximum Gasteiger partial charge on any atom is 0.341 e. The Morgan fingerprint density at radius 3 is 2.44 bits per heavy atom. The van der Waals surface area contributed by atoms with Crippen molar-refractivity contribution < 1.29 is 14.3 Å². The number of carbonyl (C=O) groups is 1. The van der Waals surface area contributed by atoms with Crippen LogP contribution in [0.3, 0.4) is 0 Å². The molecular weight excluding hydrogens is 298 g/mol. The second kappa shape index (κ2) is 5.27. The van der Waals surface area contributed by atoms with E-state index in [1.165, 1.54) is 14.2 Å². The van der Waals surface area contributed by atoms with E-state index in [1.807, 2.05) is 29.1 Å².